The number of nitrogens with zero attached hydrogens (tertiary/aromatic N) is 3. The van der Waals surface area contributed by atoms with Crippen molar-refractivity contribution in [3.05, 3.63) is 18.0 Å². The number of aromatic nitrogens is 2. The van der Waals surface area contributed by atoms with E-state index in [2.05, 4.69) is 5.10 Å². The fourth-order valence-corrected chi connectivity index (χ4v) is 2.09. The first kappa shape index (κ1) is 11.1. The van der Waals surface area contributed by atoms with Crippen LogP contribution in [-0.4, -0.2) is 45.9 Å². The van der Waals surface area contributed by atoms with Gasteiger partial charge in [0.2, 0.25) is 0 Å². The van der Waals surface area contributed by atoms with E-state index < -0.39 is 0 Å². The van der Waals surface area contributed by atoms with Gasteiger partial charge in [-0.25, -0.2) is 0 Å². The van der Waals surface area contributed by atoms with E-state index in [1.54, 1.807) is 24.0 Å². The van der Waals surface area contributed by atoms with Crippen LogP contribution in [0.25, 0.3) is 0 Å². The number of aryl methyl sites for hydroxylation is 1. The molecular formula is C11H17N3O2. The van der Waals surface area contributed by atoms with Crippen molar-refractivity contribution in [2.45, 2.75) is 26.1 Å². The Morgan fingerprint density at radius 1 is 1.44 bits per heavy atom. The molecule has 1 aliphatic heterocycles. The van der Waals surface area contributed by atoms with E-state index in [1.165, 1.54) is 0 Å². The van der Waals surface area contributed by atoms with E-state index in [0.29, 0.717) is 18.8 Å². The molecule has 0 unspecified atom stereocenters. The summed E-state index contributed by atoms with van der Waals surface area (Å²) in [7, 11) is 1.78. The molecule has 16 heavy (non-hydrogen) atoms. The second kappa shape index (κ2) is 4.25. The molecule has 5 nitrogen and oxygen atoms in total. The topological polar surface area (TPSA) is 47.4 Å². The first-order valence-corrected chi connectivity index (χ1v) is 5.50. The second-order valence-electron chi connectivity index (χ2n) is 4.31. The molecule has 5 heteroatoms. The zero-order valence-electron chi connectivity index (χ0n) is 9.88. The van der Waals surface area contributed by atoms with Gasteiger partial charge in [-0.05, 0) is 19.9 Å². The minimum atomic E-state index is 0.0296. The number of ether oxygens (including phenoxy) is 1. The Hall–Kier alpha value is -1.36. The molecule has 0 aromatic carbocycles. The van der Waals surface area contributed by atoms with Crippen LogP contribution >= 0.6 is 0 Å². The van der Waals surface area contributed by atoms with E-state index >= 15 is 0 Å². The maximum absolute atomic E-state index is 12.2. The Morgan fingerprint density at radius 2 is 2.06 bits per heavy atom. The third-order valence-electron chi connectivity index (χ3n) is 2.75. The van der Waals surface area contributed by atoms with Crippen LogP contribution in [0.3, 0.4) is 0 Å². The van der Waals surface area contributed by atoms with Gasteiger partial charge in [0, 0.05) is 26.3 Å². The molecule has 1 amide bonds. The summed E-state index contributed by atoms with van der Waals surface area (Å²) in [5.74, 6) is 0.0296. The molecule has 1 aromatic rings. The summed E-state index contributed by atoms with van der Waals surface area (Å²) in [6, 6.07) is 1.74. The highest BCUT2D eigenvalue weighted by Crippen LogP contribution is 2.13. The van der Waals surface area contributed by atoms with Gasteiger partial charge in [0.1, 0.15) is 5.69 Å². The summed E-state index contributed by atoms with van der Waals surface area (Å²) in [6.45, 7) is 5.26. The lowest BCUT2D eigenvalue weighted by atomic mass is 10.2. The highest BCUT2D eigenvalue weighted by molar-refractivity contribution is 5.92. The van der Waals surface area contributed by atoms with Crippen LogP contribution in [0.15, 0.2) is 12.3 Å². The van der Waals surface area contributed by atoms with Gasteiger partial charge in [0.25, 0.3) is 5.91 Å². The molecule has 1 fully saturated rings. The zero-order chi connectivity index (χ0) is 11.7. The molecule has 0 saturated carbocycles. The Labute approximate surface area is 95.0 Å². The number of hydrogen-bond donors (Lipinski definition) is 0. The lowest BCUT2D eigenvalue weighted by molar-refractivity contribution is -0.0588. The van der Waals surface area contributed by atoms with Crippen molar-refractivity contribution in [2.75, 3.05) is 13.1 Å². The Balaban J connectivity index is 2.13. The van der Waals surface area contributed by atoms with Gasteiger partial charge in [-0.3, -0.25) is 9.48 Å². The van der Waals surface area contributed by atoms with E-state index in [1.807, 2.05) is 18.7 Å². The van der Waals surface area contributed by atoms with Crippen LogP contribution < -0.4 is 0 Å². The normalized spacial score (nSPS) is 25.8. The number of morpholine rings is 1. The van der Waals surface area contributed by atoms with Gasteiger partial charge in [-0.15, -0.1) is 0 Å². The first-order valence-electron chi connectivity index (χ1n) is 5.50. The third-order valence-corrected chi connectivity index (χ3v) is 2.75. The summed E-state index contributed by atoms with van der Waals surface area (Å²) in [5.41, 5.74) is 0.626. The summed E-state index contributed by atoms with van der Waals surface area (Å²) in [5, 5.41) is 4.01. The van der Waals surface area contributed by atoms with E-state index in [9.17, 15) is 4.79 Å². The molecule has 2 rings (SSSR count). The second-order valence-corrected chi connectivity index (χ2v) is 4.31. The fraction of sp³-hybridized carbons (Fsp3) is 0.636. The number of rotatable bonds is 1. The number of amides is 1. The molecule has 1 saturated heterocycles. The van der Waals surface area contributed by atoms with Gasteiger partial charge in [0.15, 0.2) is 0 Å². The maximum atomic E-state index is 12.2. The molecule has 2 atom stereocenters. The summed E-state index contributed by atoms with van der Waals surface area (Å²) >= 11 is 0. The van der Waals surface area contributed by atoms with Crippen molar-refractivity contribution in [1.29, 1.82) is 0 Å². The molecule has 1 aliphatic rings. The number of carbonyl (C=O) groups is 1. The summed E-state index contributed by atoms with van der Waals surface area (Å²) in [4.78, 5) is 14.0. The van der Waals surface area contributed by atoms with E-state index in [4.69, 9.17) is 4.74 Å². The largest absolute Gasteiger partial charge is 0.372 e. The Bertz CT molecular complexity index is 378. The van der Waals surface area contributed by atoms with E-state index in [-0.39, 0.29) is 18.1 Å². The average molecular weight is 223 g/mol. The van der Waals surface area contributed by atoms with Crippen molar-refractivity contribution in [3.63, 3.8) is 0 Å². The van der Waals surface area contributed by atoms with Gasteiger partial charge in [-0.1, -0.05) is 0 Å². The monoisotopic (exact) mass is 223 g/mol. The highest BCUT2D eigenvalue weighted by Gasteiger charge is 2.27. The lowest BCUT2D eigenvalue weighted by Crippen LogP contribution is -2.48. The van der Waals surface area contributed by atoms with Gasteiger partial charge in [0.05, 0.1) is 12.2 Å². The van der Waals surface area contributed by atoms with Crippen LogP contribution in [0.4, 0.5) is 0 Å². The Kier molecular flexibility index (Phi) is 2.96. The van der Waals surface area contributed by atoms with E-state index in [0.717, 1.165) is 0 Å². The molecule has 0 aliphatic carbocycles. The standard InChI is InChI=1S/C11H17N3O2/c1-8-6-14(7-9(2)16-8)11(15)10-4-5-12-13(10)3/h4-5,8-9H,6-7H2,1-3H3/t8-,9-/m0/s1. The van der Waals surface area contributed by atoms with Gasteiger partial charge >= 0.3 is 0 Å². The quantitative estimate of drug-likeness (QED) is 0.703. The van der Waals surface area contributed by atoms with Crippen LogP contribution in [0, 0.1) is 0 Å². The van der Waals surface area contributed by atoms with Crippen molar-refractivity contribution >= 4 is 5.91 Å². The van der Waals surface area contributed by atoms with Crippen molar-refractivity contribution in [2.24, 2.45) is 7.05 Å². The summed E-state index contributed by atoms with van der Waals surface area (Å²) < 4.78 is 7.20. The molecule has 88 valence electrons. The molecule has 0 N–H and O–H groups in total. The SMILES string of the molecule is C[C@H]1CN(C(=O)c2ccnn2C)C[C@H](C)O1. The molecule has 0 radical (unpaired) electrons. The molecule has 1 aromatic heterocycles. The van der Waals surface area contributed by atoms with Crippen molar-refractivity contribution < 1.29 is 9.53 Å². The zero-order valence-corrected chi connectivity index (χ0v) is 9.88. The molecule has 0 spiro atoms. The number of hydrogen-bond acceptors (Lipinski definition) is 3. The third kappa shape index (κ3) is 2.09. The fourth-order valence-electron chi connectivity index (χ4n) is 2.09. The molecular weight excluding hydrogens is 206 g/mol. The van der Waals surface area contributed by atoms with Gasteiger partial charge < -0.3 is 9.64 Å². The minimum Gasteiger partial charge on any atom is -0.372 e. The maximum Gasteiger partial charge on any atom is 0.272 e. The number of carbonyl (C=O) groups excluding carboxylic acids is 1. The van der Waals surface area contributed by atoms with Crippen LogP contribution in [-0.2, 0) is 11.8 Å². The van der Waals surface area contributed by atoms with Crippen LogP contribution in [0.2, 0.25) is 0 Å². The predicted molar refractivity (Wildman–Crippen MR) is 59.1 cm³/mol. The predicted octanol–water partition coefficient (Wildman–Crippen LogP) is 0.669. The lowest BCUT2D eigenvalue weighted by Gasteiger charge is -2.35. The highest BCUT2D eigenvalue weighted by atomic mass is 16.5. The van der Waals surface area contributed by atoms with Crippen molar-refractivity contribution in [1.82, 2.24) is 14.7 Å². The van der Waals surface area contributed by atoms with Crippen molar-refractivity contribution in [3.8, 4) is 0 Å². The first-order chi connectivity index (χ1) is 7.58. The smallest absolute Gasteiger partial charge is 0.272 e. The van der Waals surface area contributed by atoms with Gasteiger partial charge in [-0.2, -0.15) is 5.10 Å². The molecule has 0 bridgehead atoms. The van der Waals surface area contributed by atoms with Crippen LogP contribution in [0.1, 0.15) is 24.3 Å². The summed E-state index contributed by atoms with van der Waals surface area (Å²) in [6.07, 6.45) is 1.84. The Morgan fingerprint density at radius 3 is 2.56 bits per heavy atom. The molecule has 2 heterocycles. The average Bonchev–Trinajstić information content (AvgIpc) is 2.62. The minimum absolute atomic E-state index is 0.0296. The van der Waals surface area contributed by atoms with Crippen LogP contribution in [0.5, 0.6) is 0 Å².